The van der Waals surface area contributed by atoms with Gasteiger partial charge < -0.3 is 10.6 Å². The van der Waals surface area contributed by atoms with E-state index in [1.165, 1.54) is 38.8 Å². The van der Waals surface area contributed by atoms with Crippen LogP contribution in [0.4, 0.5) is 0 Å². The highest BCUT2D eigenvalue weighted by Gasteiger charge is 2.30. The van der Waals surface area contributed by atoms with Crippen molar-refractivity contribution >= 4 is 5.96 Å². The Morgan fingerprint density at radius 2 is 2.00 bits per heavy atom. The summed E-state index contributed by atoms with van der Waals surface area (Å²) in [6, 6.07) is 0. The number of nitrogens with one attached hydrogen (secondary N) is 2. The molecule has 1 aliphatic heterocycles. The number of rotatable bonds is 5. The van der Waals surface area contributed by atoms with Crippen LogP contribution in [0.15, 0.2) is 4.99 Å². The second-order valence-electron chi connectivity index (χ2n) is 7.26. The van der Waals surface area contributed by atoms with Gasteiger partial charge in [-0.15, -0.1) is 0 Å². The zero-order valence-corrected chi connectivity index (χ0v) is 13.7. The number of hydrogen-bond acceptors (Lipinski definition) is 2. The number of nitrogens with zero attached hydrogens (tertiary/aromatic N) is 2. The van der Waals surface area contributed by atoms with Crippen molar-refractivity contribution in [2.45, 2.75) is 52.0 Å². The Labute approximate surface area is 124 Å². The van der Waals surface area contributed by atoms with Crippen molar-refractivity contribution in [1.29, 1.82) is 0 Å². The molecule has 0 aromatic rings. The Hall–Kier alpha value is -0.770. The standard InChI is InChI=1S/C16H32N4/c1-13-6-5-9-20(11-13)16(2,3)12-19-15(17-4)18-10-14-7-8-14/h13-14H,5-12H2,1-4H3,(H2,17,18,19). The van der Waals surface area contributed by atoms with Gasteiger partial charge in [-0.1, -0.05) is 6.92 Å². The second kappa shape index (κ2) is 6.79. The third-order valence-corrected chi connectivity index (χ3v) is 4.68. The van der Waals surface area contributed by atoms with Crippen molar-refractivity contribution in [2.24, 2.45) is 16.8 Å². The molecule has 1 atom stereocenters. The predicted molar refractivity (Wildman–Crippen MR) is 86.1 cm³/mol. The normalized spacial score (nSPS) is 25.6. The monoisotopic (exact) mass is 280 g/mol. The summed E-state index contributed by atoms with van der Waals surface area (Å²) in [7, 11) is 1.86. The van der Waals surface area contributed by atoms with Crippen LogP contribution in [-0.4, -0.2) is 49.6 Å². The van der Waals surface area contributed by atoms with Gasteiger partial charge in [0.25, 0.3) is 0 Å². The van der Waals surface area contributed by atoms with E-state index in [0.29, 0.717) is 0 Å². The average Bonchev–Trinajstić information content (AvgIpc) is 3.23. The first kappa shape index (κ1) is 15.6. The van der Waals surface area contributed by atoms with Gasteiger partial charge in [0.15, 0.2) is 5.96 Å². The van der Waals surface area contributed by atoms with E-state index in [1.54, 1.807) is 0 Å². The second-order valence-corrected chi connectivity index (χ2v) is 7.26. The number of piperidine rings is 1. The summed E-state index contributed by atoms with van der Waals surface area (Å²) in [5.74, 6) is 2.66. The Balaban J connectivity index is 1.77. The van der Waals surface area contributed by atoms with E-state index in [0.717, 1.165) is 30.9 Å². The molecule has 4 heteroatoms. The van der Waals surface area contributed by atoms with Crippen LogP contribution in [0.1, 0.15) is 46.5 Å². The largest absolute Gasteiger partial charge is 0.356 e. The summed E-state index contributed by atoms with van der Waals surface area (Å²) in [4.78, 5) is 6.95. The summed E-state index contributed by atoms with van der Waals surface area (Å²) in [5.41, 5.74) is 0.186. The summed E-state index contributed by atoms with van der Waals surface area (Å²) in [6.07, 6.45) is 5.46. The van der Waals surface area contributed by atoms with Crippen LogP contribution in [0.2, 0.25) is 0 Å². The van der Waals surface area contributed by atoms with Gasteiger partial charge in [0.05, 0.1) is 0 Å². The third-order valence-electron chi connectivity index (χ3n) is 4.68. The van der Waals surface area contributed by atoms with Crippen LogP contribution in [0.25, 0.3) is 0 Å². The van der Waals surface area contributed by atoms with Crippen LogP contribution < -0.4 is 10.6 Å². The molecule has 1 saturated heterocycles. The highest BCUT2D eigenvalue weighted by atomic mass is 15.2. The third kappa shape index (κ3) is 4.65. The van der Waals surface area contributed by atoms with Crippen molar-refractivity contribution in [1.82, 2.24) is 15.5 Å². The summed E-state index contributed by atoms with van der Waals surface area (Å²) in [6.45, 7) is 11.5. The Morgan fingerprint density at radius 1 is 1.25 bits per heavy atom. The van der Waals surface area contributed by atoms with E-state index in [4.69, 9.17) is 0 Å². The van der Waals surface area contributed by atoms with Crippen molar-refractivity contribution in [3.63, 3.8) is 0 Å². The lowest BCUT2D eigenvalue weighted by molar-refractivity contribution is 0.0739. The SMILES string of the molecule is CN=C(NCC1CC1)NCC(C)(C)N1CCCC(C)C1. The Kier molecular flexibility index (Phi) is 5.30. The van der Waals surface area contributed by atoms with Crippen molar-refractivity contribution < 1.29 is 0 Å². The average molecular weight is 280 g/mol. The fraction of sp³-hybridized carbons (Fsp3) is 0.938. The van der Waals surface area contributed by atoms with E-state index in [1.807, 2.05) is 7.05 Å². The van der Waals surface area contributed by atoms with Crippen LogP contribution in [0.5, 0.6) is 0 Å². The zero-order valence-electron chi connectivity index (χ0n) is 13.7. The van der Waals surface area contributed by atoms with Crippen LogP contribution in [0.3, 0.4) is 0 Å². The van der Waals surface area contributed by atoms with Crippen molar-refractivity contribution in [3.05, 3.63) is 0 Å². The molecular formula is C16H32N4. The molecule has 4 nitrogen and oxygen atoms in total. The molecule has 116 valence electrons. The molecule has 2 aliphatic rings. The summed E-state index contributed by atoms with van der Waals surface area (Å²) >= 11 is 0. The molecule has 1 aliphatic carbocycles. The Morgan fingerprint density at radius 3 is 2.60 bits per heavy atom. The maximum atomic E-state index is 4.33. The number of hydrogen-bond donors (Lipinski definition) is 2. The highest BCUT2D eigenvalue weighted by molar-refractivity contribution is 5.79. The first-order valence-corrected chi connectivity index (χ1v) is 8.21. The lowest BCUT2D eigenvalue weighted by Crippen LogP contribution is -2.56. The molecule has 0 bridgehead atoms. The molecule has 0 radical (unpaired) electrons. The molecule has 2 fully saturated rings. The summed E-state index contributed by atoms with van der Waals surface area (Å²) < 4.78 is 0. The van der Waals surface area contributed by atoms with Gasteiger partial charge in [0, 0.05) is 32.2 Å². The lowest BCUT2D eigenvalue weighted by atomic mass is 9.93. The maximum absolute atomic E-state index is 4.33. The summed E-state index contributed by atoms with van der Waals surface area (Å²) in [5, 5.41) is 6.94. The fourth-order valence-corrected chi connectivity index (χ4v) is 2.93. The van der Waals surface area contributed by atoms with E-state index in [9.17, 15) is 0 Å². The molecule has 0 amide bonds. The molecule has 1 saturated carbocycles. The first-order valence-electron chi connectivity index (χ1n) is 8.21. The van der Waals surface area contributed by atoms with E-state index >= 15 is 0 Å². The fourth-order valence-electron chi connectivity index (χ4n) is 2.93. The molecular weight excluding hydrogens is 248 g/mol. The quantitative estimate of drug-likeness (QED) is 0.598. The van der Waals surface area contributed by atoms with E-state index < -0.39 is 0 Å². The molecule has 1 unspecified atom stereocenters. The van der Waals surface area contributed by atoms with Gasteiger partial charge in [0.2, 0.25) is 0 Å². The molecule has 0 aromatic heterocycles. The van der Waals surface area contributed by atoms with Crippen molar-refractivity contribution in [3.8, 4) is 0 Å². The predicted octanol–water partition coefficient (Wildman–Crippen LogP) is 2.07. The van der Waals surface area contributed by atoms with Gasteiger partial charge >= 0.3 is 0 Å². The topological polar surface area (TPSA) is 39.7 Å². The van der Waals surface area contributed by atoms with Crippen molar-refractivity contribution in [2.75, 3.05) is 33.2 Å². The van der Waals surface area contributed by atoms with Gasteiger partial charge in [0.1, 0.15) is 0 Å². The van der Waals surface area contributed by atoms with E-state index in [-0.39, 0.29) is 5.54 Å². The molecule has 20 heavy (non-hydrogen) atoms. The number of likely N-dealkylation sites (tertiary alicyclic amines) is 1. The molecule has 1 heterocycles. The molecule has 2 rings (SSSR count). The minimum atomic E-state index is 0.186. The minimum Gasteiger partial charge on any atom is -0.356 e. The minimum absolute atomic E-state index is 0.186. The van der Waals surface area contributed by atoms with Gasteiger partial charge in [-0.25, -0.2) is 0 Å². The van der Waals surface area contributed by atoms with E-state index in [2.05, 4.69) is 41.3 Å². The molecule has 2 N–H and O–H groups in total. The van der Waals surface area contributed by atoms with Gasteiger partial charge in [-0.05, 0) is 57.9 Å². The molecule has 0 spiro atoms. The first-order chi connectivity index (χ1) is 9.51. The Bertz CT molecular complexity index is 333. The van der Waals surface area contributed by atoms with Gasteiger partial charge in [-0.2, -0.15) is 0 Å². The highest BCUT2D eigenvalue weighted by Crippen LogP contribution is 2.27. The van der Waals surface area contributed by atoms with Crippen LogP contribution in [0, 0.1) is 11.8 Å². The van der Waals surface area contributed by atoms with Crippen LogP contribution >= 0.6 is 0 Å². The number of aliphatic imine (C=N–C) groups is 1. The van der Waals surface area contributed by atoms with Crippen LogP contribution in [-0.2, 0) is 0 Å². The van der Waals surface area contributed by atoms with Gasteiger partial charge in [-0.3, -0.25) is 9.89 Å². The number of guanidine groups is 1. The molecule has 0 aromatic carbocycles. The zero-order chi connectivity index (χ0) is 14.6. The smallest absolute Gasteiger partial charge is 0.191 e. The lowest BCUT2D eigenvalue weighted by Gasteiger charge is -2.43. The maximum Gasteiger partial charge on any atom is 0.191 e.